The minimum Gasteiger partial charge on any atom is -0.382 e. The summed E-state index contributed by atoms with van der Waals surface area (Å²) in [6.07, 6.45) is 6.03. The number of aliphatic imine (C=N–C) groups is 1. The lowest BCUT2D eigenvalue weighted by molar-refractivity contribution is 0.139. The number of likely N-dealkylation sites (tertiary alicyclic amines) is 1. The summed E-state index contributed by atoms with van der Waals surface area (Å²) in [6, 6.07) is 0. The van der Waals surface area contributed by atoms with Gasteiger partial charge in [0.2, 0.25) is 0 Å². The Morgan fingerprint density at radius 2 is 1.77 bits per heavy atom. The highest BCUT2D eigenvalue weighted by atomic mass is 127. The molecule has 2 unspecified atom stereocenters. The molecule has 0 spiro atoms. The van der Waals surface area contributed by atoms with Gasteiger partial charge in [-0.05, 0) is 64.3 Å². The van der Waals surface area contributed by atoms with Crippen molar-refractivity contribution in [2.24, 2.45) is 16.8 Å². The van der Waals surface area contributed by atoms with Crippen molar-refractivity contribution in [3.8, 4) is 0 Å². The van der Waals surface area contributed by atoms with Crippen molar-refractivity contribution >= 4 is 29.9 Å². The number of halogens is 1. The molecule has 0 amide bonds. The Balaban J connectivity index is 0.00000625. The maximum Gasteiger partial charge on any atom is 0.191 e. The molecule has 156 valence electrons. The van der Waals surface area contributed by atoms with Crippen LogP contribution in [0.3, 0.4) is 0 Å². The molecule has 1 heterocycles. The van der Waals surface area contributed by atoms with Crippen LogP contribution in [0.25, 0.3) is 0 Å². The van der Waals surface area contributed by atoms with E-state index in [1.165, 1.54) is 38.9 Å². The van der Waals surface area contributed by atoms with Crippen LogP contribution in [0.1, 0.15) is 59.8 Å². The van der Waals surface area contributed by atoms with E-state index in [-0.39, 0.29) is 24.0 Å². The Morgan fingerprint density at radius 3 is 2.42 bits per heavy atom. The molecule has 0 bridgehead atoms. The number of piperidine rings is 1. The normalized spacial score (nSPS) is 21.3. The summed E-state index contributed by atoms with van der Waals surface area (Å²) < 4.78 is 5.37. The molecular weight excluding hydrogens is 439 g/mol. The summed E-state index contributed by atoms with van der Waals surface area (Å²) in [5, 5.41) is 6.76. The zero-order valence-electron chi connectivity index (χ0n) is 17.6. The lowest BCUT2D eigenvalue weighted by atomic mass is 9.92. The topological polar surface area (TPSA) is 48.9 Å². The number of nitrogens with one attached hydrogen (secondary N) is 2. The standard InChI is InChI=1S/C20H42N4O.HI/c1-5-21-20(23-12-8-10-14-25-6-2)22-11-7-9-13-24-16-18(3)15-19(4)17-24;/h18-19H,5-17H2,1-4H3,(H2,21,22,23);1H. The van der Waals surface area contributed by atoms with Crippen LogP contribution in [0.5, 0.6) is 0 Å². The van der Waals surface area contributed by atoms with E-state index >= 15 is 0 Å². The van der Waals surface area contributed by atoms with E-state index in [4.69, 9.17) is 9.73 Å². The number of unbranched alkanes of at least 4 members (excludes halogenated alkanes) is 2. The second kappa shape index (κ2) is 17.0. The Bertz CT molecular complexity index is 345. The average Bonchev–Trinajstić information content (AvgIpc) is 2.56. The van der Waals surface area contributed by atoms with Crippen LogP contribution in [0.2, 0.25) is 0 Å². The molecule has 6 heteroatoms. The van der Waals surface area contributed by atoms with E-state index in [0.29, 0.717) is 0 Å². The van der Waals surface area contributed by atoms with Crippen molar-refractivity contribution in [1.82, 2.24) is 15.5 Å². The van der Waals surface area contributed by atoms with Gasteiger partial charge in [-0.15, -0.1) is 24.0 Å². The van der Waals surface area contributed by atoms with Gasteiger partial charge in [-0.1, -0.05) is 13.8 Å². The molecule has 0 aromatic carbocycles. The monoisotopic (exact) mass is 482 g/mol. The quantitative estimate of drug-likeness (QED) is 0.193. The first-order valence-corrected chi connectivity index (χ1v) is 10.5. The maximum atomic E-state index is 5.37. The maximum absolute atomic E-state index is 5.37. The largest absolute Gasteiger partial charge is 0.382 e. The molecule has 1 saturated heterocycles. The van der Waals surface area contributed by atoms with Gasteiger partial charge >= 0.3 is 0 Å². The number of rotatable bonds is 12. The van der Waals surface area contributed by atoms with Crippen LogP contribution < -0.4 is 10.6 Å². The van der Waals surface area contributed by atoms with Crippen molar-refractivity contribution in [3.63, 3.8) is 0 Å². The summed E-state index contributed by atoms with van der Waals surface area (Å²) in [4.78, 5) is 7.35. The van der Waals surface area contributed by atoms with Gasteiger partial charge < -0.3 is 20.3 Å². The van der Waals surface area contributed by atoms with E-state index in [2.05, 4.69) is 36.3 Å². The summed E-state index contributed by atoms with van der Waals surface area (Å²) in [5.41, 5.74) is 0. The minimum atomic E-state index is 0. The lowest BCUT2D eigenvalue weighted by Crippen LogP contribution is -2.39. The number of hydrogen-bond acceptors (Lipinski definition) is 3. The van der Waals surface area contributed by atoms with Gasteiger partial charge in [0.1, 0.15) is 0 Å². The van der Waals surface area contributed by atoms with E-state index in [9.17, 15) is 0 Å². The van der Waals surface area contributed by atoms with Gasteiger partial charge in [-0.3, -0.25) is 4.99 Å². The predicted octanol–water partition coefficient (Wildman–Crippen LogP) is 3.73. The van der Waals surface area contributed by atoms with Crippen LogP contribution in [0.15, 0.2) is 4.99 Å². The van der Waals surface area contributed by atoms with Crippen LogP contribution in [-0.2, 0) is 4.74 Å². The molecule has 2 N–H and O–H groups in total. The Morgan fingerprint density at radius 1 is 1.04 bits per heavy atom. The fourth-order valence-corrected chi connectivity index (χ4v) is 3.63. The van der Waals surface area contributed by atoms with Crippen molar-refractivity contribution in [3.05, 3.63) is 0 Å². The van der Waals surface area contributed by atoms with E-state index in [1.807, 2.05) is 6.92 Å². The molecule has 1 fully saturated rings. The highest BCUT2D eigenvalue weighted by Gasteiger charge is 2.20. The summed E-state index contributed by atoms with van der Waals surface area (Å²) >= 11 is 0. The first-order valence-electron chi connectivity index (χ1n) is 10.5. The van der Waals surface area contributed by atoms with Gasteiger partial charge in [0.25, 0.3) is 0 Å². The highest BCUT2D eigenvalue weighted by molar-refractivity contribution is 14.0. The molecule has 0 aromatic rings. The third-order valence-corrected chi connectivity index (χ3v) is 4.65. The zero-order chi connectivity index (χ0) is 18.3. The van der Waals surface area contributed by atoms with Crippen molar-refractivity contribution in [2.45, 2.75) is 59.8 Å². The molecule has 2 atom stereocenters. The number of hydrogen-bond donors (Lipinski definition) is 2. The Hall–Kier alpha value is -0.0800. The Kier molecular flexibility index (Phi) is 17.0. The SMILES string of the molecule is CCNC(=NCCCCN1CC(C)CC(C)C1)NCCCCOCC.I. The number of nitrogens with zero attached hydrogens (tertiary/aromatic N) is 2. The van der Waals surface area contributed by atoms with Gasteiger partial charge in [-0.2, -0.15) is 0 Å². The van der Waals surface area contributed by atoms with Crippen molar-refractivity contribution < 1.29 is 4.74 Å². The fourth-order valence-electron chi connectivity index (χ4n) is 3.63. The van der Waals surface area contributed by atoms with Crippen molar-refractivity contribution in [1.29, 1.82) is 0 Å². The molecular formula is C20H43IN4O. The van der Waals surface area contributed by atoms with Gasteiger partial charge in [-0.25, -0.2) is 0 Å². The van der Waals surface area contributed by atoms with Crippen LogP contribution in [-0.4, -0.2) is 63.3 Å². The molecule has 0 radical (unpaired) electrons. The van der Waals surface area contributed by atoms with Gasteiger partial charge in [0.05, 0.1) is 0 Å². The Labute approximate surface area is 179 Å². The molecule has 1 aliphatic heterocycles. The first kappa shape index (κ1) is 25.9. The predicted molar refractivity (Wildman–Crippen MR) is 124 cm³/mol. The smallest absolute Gasteiger partial charge is 0.191 e. The lowest BCUT2D eigenvalue weighted by Gasteiger charge is -2.34. The van der Waals surface area contributed by atoms with E-state index in [0.717, 1.165) is 63.5 Å². The fraction of sp³-hybridized carbons (Fsp3) is 0.950. The minimum absolute atomic E-state index is 0. The zero-order valence-corrected chi connectivity index (χ0v) is 19.9. The highest BCUT2D eigenvalue weighted by Crippen LogP contribution is 2.20. The second-order valence-electron chi connectivity index (χ2n) is 7.50. The molecule has 26 heavy (non-hydrogen) atoms. The van der Waals surface area contributed by atoms with Crippen LogP contribution >= 0.6 is 24.0 Å². The molecule has 1 rings (SSSR count). The van der Waals surface area contributed by atoms with Gasteiger partial charge in [0, 0.05) is 45.9 Å². The molecule has 1 aliphatic rings. The first-order chi connectivity index (χ1) is 12.2. The van der Waals surface area contributed by atoms with E-state index < -0.39 is 0 Å². The van der Waals surface area contributed by atoms with Crippen molar-refractivity contribution in [2.75, 3.05) is 52.5 Å². The second-order valence-corrected chi connectivity index (χ2v) is 7.50. The number of ether oxygens (including phenoxy) is 1. The van der Waals surface area contributed by atoms with Crippen LogP contribution in [0, 0.1) is 11.8 Å². The average molecular weight is 482 g/mol. The third kappa shape index (κ3) is 13.1. The summed E-state index contributed by atoms with van der Waals surface area (Å²) in [6.45, 7) is 17.2. The van der Waals surface area contributed by atoms with E-state index in [1.54, 1.807) is 0 Å². The molecule has 0 aromatic heterocycles. The molecule has 0 aliphatic carbocycles. The van der Waals surface area contributed by atoms with Crippen LogP contribution in [0.4, 0.5) is 0 Å². The third-order valence-electron chi connectivity index (χ3n) is 4.65. The van der Waals surface area contributed by atoms with Gasteiger partial charge in [0.15, 0.2) is 5.96 Å². The summed E-state index contributed by atoms with van der Waals surface area (Å²) in [5.74, 6) is 2.67. The summed E-state index contributed by atoms with van der Waals surface area (Å²) in [7, 11) is 0. The number of guanidine groups is 1. The molecule has 0 saturated carbocycles. The molecule has 5 nitrogen and oxygen atoms in total.